The fourth-order valence-electron chi connectivity index (χ4n) is 3.06. The Labute approximate surface area is 204 Å². The van der Waals surface area contributed by atoms with E-state index >= 15 is 0 Å². The van der Waals surface area contributed by atoms with Crippen molar-refractivity contribution in [2.45, 2.75) is 26.6 Å². The van der Waals surface area contributed by atoms with Crippen LogP contribution in [0.25, 0.3) is 6.08 Å². The highest BCUT2D eigenvalue weighted by Gasteiger charge is 2.16. The van der Waals surface area contributed by atoms with Crippen LogP contribution in [0.15, 0.2) is 90.6 Å². The summed E-state index contributed by atoms with van der Waals surface area (Å²) in [6, 6.07) is 24.9. The Morgan fingerprint density at radius 2 is 1.49 bits per heavy atom. The van der Waals surface area contributed by atoms with Crippen molar-refractivity contribution < 1.29 is 23.9 Å². The number of rotatable bonds is 10. The first-order valence-electron chi connectivity index (χ1n) is 11.2. The standard InChI is InChI=1S/C28H28N2O5/c1-20(2)35-24-15-13-21(14-16-24)17-25(30-27(32)23-11-7-4-8-12-23)28(33)29-18-26(31)34-19-22-9-5-3-6-10-22/h3-17,20H,18-19H2,1-2H3,(H,29,33)(H,30,32)/b25-17+. The van der Waals surface area contributed by atoms with Crippen molar-refractivity contribution in [2.24, 2.45) is 0 Å². The van der Waals surface area contributed by atoms with Crippen LogP contribution in [0.2, 0.25) is 0 Å². The maximum atomic E-state index is 12.9. The van der Waals surface area contributed by atoms with Crippen LogP contribution in [0.5, 0.6) is 5.75 Å². The largest absolute Gasteiger partial charge is 0.491 e. The summed E-state index contributed by atoms with van der Waals surface area (Å²) in [4.78, 5) is 37.7. The molecular weight excluding hydrogens is 444 g/mol. The van der Waals surface area contributed by atoms with Crippen LogP contribution in [0.3, 0.4) is 0 Å². The number of amides is 2. The molecule has 0 aromatic heterocycles. The van der Waals surface area contributed by atoms with Crippen LogP contribution in [0.1, 0.15) is 35.3 Å². The van der Waals surface area contributed by atoms with E-state index < -0.39 is 17.8 Å². The summed E-state index contributed by atoms with van der Waals surface area (Å²) in [5.41, 5.74) is 1.90. The van der Waals surface area contributed by atoms with Crippen LogP contribution in [-0.4, -0.2) is 30.4 Å². The molecule has 7 heteroatoms. The van der Waals surface area contributed by atoms with E-state index in [0.717, 1.165) is 5.56 Å². The molecule has 2 amide bonds. The third kappa shape index (κ3) is 8.47. The van der Waals surface area contributed by atoms with E-state index in [1.54, 1.807) is 54.6 Å². The van der Waals surface area contributed by atoms with E-state index in [1.807, 2.05) is 44.2 Å². The predicted molar refractivity (Wildman–Crippen MR) is 133 cm³/mol. The molecule has 3 rings (SSSR count). The lowest BCUT2D eigenvalue weighted by atomic mass is 10.1. The molecule has 0 radical (unpaired) electrons. The Hall–Kier alpha value is -4.39. The van der Waals surface area contributed by atoms with Gasteiger partial charge in [0.05, 0.1) is 6.10 Å². The van der Waals surface area contributed by atoms with Crippen molar-refractivity contribution in [3.8, 4) is 5.75 Å². The number of nitrogens with one attached hydrogen (secondary N) is 2. The summed E-state index contributed by atoms with van der Waals surface area (Å²) in [6.45, 7) is 3.62. The molecule has 3 aromatic rings. The first-order valence-corrected chi connectivity index (χ1v) is 11.2. The smallest absolute Gasteiger partial charge is 0.325 e. The summed E-state index contributed by atoms with van der Waals surface area (Å²) in [7, 11) is 0. The minimum atomic E-state index is -0.617. The van der Waals surface area contributed by atoms with Gasteiger partial charge in [0.15, 0.2) is 0 Å². The van der Waals surface area contributed by atoms with Gasteiger partial charge in [-0.3, -0.25) is 14.4 Å². The number of ether oxygens (including phenoxy) is 2. The van der Waals surface area contributed by atoms with Crippen molar-refractivity contribution in [3.05, 3.63) is 107 Å². The molecule has 0 atom stereocenters. The highest BCUT2D eigenvalue weighted by Crippen LogP contribution is 2.16. The van der Waals surface area contributed by atoms with Crippen LogP contribution in [0, 0.1) is 0 Å². The minimum absolute atomic E-state index is 0.00718. The molecule has 0 saturated carbocycles. The van der Waals surface area contributed by atoms with Crippen molar-refractivity contribution >= 4 is 23.9 Å². The second kappa shape index (κ2) is 12.7. The van der Waals surface area contributed by atoms with Gasteiger partial charge < -0.3 is 20.1 Å². The average molecular weight is 473 g/mol. The minimum Gasteiger partial charge on any atom is -0.491 e. The lowest BCUT2D eigenvalue weighted by Crippen LogP contribution is -2.37. The Morgan fingerprint density at radius 1 is 0.857 bits per heavy atom. The number of esters is 1. The third-order valence-corrected chi connectivity index (χ3v) is 4.73. The molecule has 2 N–H and O–H groups in total. The first-order chi connectivity index (χ1) is 16.9. The van der Waals surface area contributed by atoms with Crippen LogP contribution in [-0.2, 0) is 20.9 Å². The summed E-state index contributed by atoms with van der Waals surface area (Å²) in [5, 5.41) is 5.15. The maximum absolute atomic E-state index is 12.9. The molecule has 0 spiro atoms. The van der Waals surface area contributed by atoms with Crippen molar-refractivity contribution in [3.63, 3.8) is 0 Å². The van der Waals surface area contributed by atoms with Crippen LogP contribution in [0.4, 0.5) is 0 Å². The van der Waals surface area contributed by atoms with Crippen LogP contribution >= 0.6 is 0 Å². The lowest BCUT2D eigenvalue weighted by Gasteiger charge is -2.12. The summed E-state index contributed by atoms with van der Waals surface area (Å²) in [6.07, 6.45) is 1.56. The van der Waals surface area contributed by atoms with Crippen LogP contribution < -0.4 is 15.4 Å². The molecule has 0 unspecified atom stereocenters. The molecule has 0 aliphatic carbocycles. The molecule has 0 bridgehead atoms. The lowest BCUT2D eigenvalue weighted by molar-refractivity contribution is -0.144. The molecule has 0 heterocycles. The fraction of sp³-hybridized carbons (Fsp3) is 0.179. The zero-order valence-corrected chi connectivity index (χ0v) is 19.7. The highest BCUT2D eigenvalue weighted by atomic mass is 16.5. The Kier molecular flexibility index (Phi) is 9.19. The first kappa shape index (κ1) is 25.2. The summed E-state index contributed by atoms with van der Waals surface area (Å²) < 4.78 is 10.8. The number of carbonyl (C=O) groups excluding carboxylic acids is 3. The average Bonchev–Trinajstić information content (AvgIpc) is 2.87. The van der Waals surface area contributed by atoms with Gasteiger partial charge in [-0.15, -0.1) is 0 Å². The Morgan fingerprint density at radius 3 is 2.11 bits per heavy atom. The van der Waals surface area contributed by atoms with Gasteiger partial charge in [0, 0.05) is 5.56 Å². The molecular formula is C28H28N2O5. The second-order valence-electron chi connectivity index (χ2n) is 7.94. The number of carbonyl (C=O) groups is 3. The van der Waals surface area contributed by atoms with Crippen molar-refractivity contribution in [2.75, 3.05) is 6.54 Å². The molecule has 0 aliphatic heterocycles. The summed E-state index contributed by atoms with van der Waals surface area (Å²) >= 11 is 0. The van der Waals surface area contributed by atoms with E-state index in [1.165, 1.54) is 6.08 Å². The fourth-order valence-corrected chi connectivity index (χ4v) is 3.06. The quantitative estimate of drug-likeness (QED) is 0.342. The SMILES string of the molecule is CC(C)Oc1ccc(/C=C(/NC(=O)c2ccccc2)C(=O)NCC(=O)OCc2ccccc2)cc1. The molecule has 0 aliphatic rings. The van der Waals surface area contributed by atoms with Gasteiger partial charge in [-0.25, -0.2) is 0 Å². The highest BCUT2D eigenvalue weighted by molar-refractivity contribution is 6.05. The Bertz CT molecular complexity index is 1160. The normalized spacial score (nSPS) is 11.0. The zero-order valence-electron chi connectivity index (χ0n) is 19.7. The van der Waals surface area contributed by atoms with Crippen molar-refractivity contribution in [1.82, 2.24) is 10.6 Å². The van der Waals surface area contributed by atoms with Gasteiger partial charge >= 0.3 is 5.97 Å². The van der Waals surface area contributed by atoms with Gasteiger partial charge in [-0.05, 0) is 55.3 Å². The molecule has 7 nitrogen and oxygen atoms in total. The monoisotopic (exact) mass is 472 g/mol. The molecule has 0 saturated heterocycles. The van der Waals surface area contributed by atoms with Gasteiger partial charge in [0.25, 0.3) is 11.8 Å². The van der Waals surface area contributed by atoms with E-state index in [-0.39, 0.29) is 25.0 Å². The van der Waals surface area contributed by atoms with Gasteiger partial charge in [-0.2, -0.15) is 0 Å². The topological polar surface area (TPSA) is 93.7 Å². The van der Waals surface area contributed by atoms with E-state index in [2.05, 4.69) is 10.6 Å². The Balaban J connectivity index is 1.68. The van der Waals surface area contributed by atoms with E-state index in [4.69, 9.17) is 9.47 Å². The second-order valence-corrected chi connectivity index (χ2v) is 7.94. The number of hydrogen-bond donors (Lipinski definition) is 2. The van der Waals surface area contributed by atoms with E-state index in [9.17, 15) is 14.4 Å². The molecule has 3 aromatic carbocycles. The maximum Gasteiger partial charge on any atom is 0.325 e. The third-order valence-electron chi connectivity index (χ3n) is 4.73. The van der Waals surface area contributed by atoms with Crippen molar-refractivity contribution in [1.29, 1.82) is 0 Å². The zero-order chi connectivity index (χ0) is 25.0. The molecule has 180 valence electrons. The number of hydrogen-bond acceptors (Lipinski definition) is 5. The summed E-state index contributed by atoms with van der Waals surface area (Å²) in [5.74, 6) is -0.962. The van der Waals surface area contributed by atoms with Gasteiger partial charge in [0.1, 0.15) is 24.6 Å². The molecule has 0 fully saturated rings. The molecule has 35 heavy (non-hydrogen) atoms. The van der Waals surface area contributed by atoms with Gasteiger partial charge in [-0.1, -0.05) is 60.7 Å². The predicted octanol–water partition coefficient (Wildman–Crippen LogP) is 4.10. The van der Waals surface area contributed by atoms with E-state index in [0.29, 0.717) is 16.9 Å². The number of benzene rings is 3. The van der Waals surface area contributed by atoms with Gasteiger partial charge in [0.2, 0.25) is 0 Å².